The topological polar surface area (TPSA) is 94.2 Å². The van der Waals surface area contributed by atoms with E-state index in [1.54, 1.807) is 18.2 Å². The Morgan fingerprint density at radius 2 is 1.82 bits per heavy atom. The van der Waals surface area contributed by atoms with Crippen LogP contribution in [0.15, 0.2) is 29.0 Å². The minimum absolute atomic E-state index is 0.120. The lowest BCUT2D eigenvalue weighted by atomic mass is 10.0. The minimum atomic E-state index is 0.120. The monoisotopic (exact) mass is 382 g/mol. The van der Waals surface area contributed by atoms with Crippen molar-refractivity contribution in [3.05, 3.63) is 47.6 Å². The predicted molar refractivity (Wildman–Crippen MR) is 105 cm³/mol. The largest absolute Gasteiger partial charge is 0.508 e. The molecule has 0 aliphatic heterocycles. The summed E-state index contributed by atoms with van der Waals surface area (Å²) in [7, 11) is 0. The van der Waals surface area contributed by atoms with E-state index in [0.29, 0.717) is 17.6 Å². The minimum Gasteiger partial charge on any atom is -0.508 e. The highest BCUT2D eigenvalue weighted by molar-refractivity contribution is 5.74. The van der Waals surface area contributed by atoms with Crippen LogP contribution in [0.1, 0.15) is 62.1 Å². The van der Waals surface area contributed by atoms with Gasteiger partial charge in [-0.25, -0.2) is 9.97 Å². The molecular formula is C21H26N4O3. The molecule has 0 amide bonds. The molecule has 28 heavy (non-hydrogen) atoms. The Kier molecular flexibility index (Phi) is 6.23. The van der Waals surface area contributed by atoms with Crippen LogP contribution in [-0.2, 0) is 6.61 Å². The highest BCUT2D eigenvalue weighted by atomic mass is 16.5. The number of aromatic nitrogens is 4. The number of hydrogen-bond donors (Lipinski definition) is 1. The van der Waals surface area contributed by atoms with Crippen molar-refractivity contribution in [2.24, 2.45) is 0 Å². The van der Waals surface area contributed by atoms with E-state index in [1.165, 1.54) is 12.7 Å². The van der Waals surface area contributed by atoms with E-state index in [1.807, 2.05) is 13.8 Å². The third kappa shape index (κ3) is 4.65. The number of phenolic OH excluding ortho intramolecular Hbond substituents is 1. The predicted octanol–water partition coefficient (Wildman–Crippen LogP) is 4.72. The van der Waals surface area contributed by atoms with Crippen LogP contribution in [0.3, 0.4) is 0 Å². The van der Waals surface area contributed by atoms with Gasteiger partial charge in [0.15, 0.2) is 12.4 Å². The van der Waals surface area contributed by atoms with E-state index in [2.05, 4.69) is 34.0 Å². The number of nitrogens with zero attached hydrogens (tertiary/aromatic N) is 4. The number of aromatic hydroxyl groups is 1. The van der Waals surface area contributed by atoms with Crippen molar-refractivity contribution in [3.63, 3.8) is 0 Å². The standard InChI is InChI=1S/C18H18N4O3.C3H8/c1-10-17(11(2)20-9-19-10)14-6-5-13(23)7-15(14)24-8-16-21-18(22-25-16)12-3-4-12;1-3-2/h5-7,9,12,23H,3-4,8H2,1-2H3;3H2,1-2H3. The van der Waals surface area contributed by atoms with Crippen LogP contribution in [-0.4, -0.2) is 25.2 Å². The summed E-state index contributed by atoms with van der Waals surface area (Å²) in [6.45, 7) is 8.23. The number of hydrogen-bond acceptors (Lipinski definition) is 7. The number of phenols is 1. The molecular weight excluding hydrogens is 356 g/mol. The second-order valence-electron chi connectivity index (χ2n) is 6.92. The molecule has 1 saturated carbocycles. The first-order chi connectivity index (χ1) is 13.5. The molecule has 2 aromatic heterocycles. The Labute approximate surface area is 164 Å². The van der Waals surface area contributed by atoms with Gasteiger partial charge in [0.25, 0.3) is 5.89 Å². The van der Waals surface area contributed by atoms with Gasteiger partial charge in [0, 0.05) is 34.5 Å². The van der Waals surface area contributed by atoms with Crippen molar-refractivity contribution in [1.29, 1.82) is 0 Å². The van der Waals surface area contributed by atoms with Gasteiger partial charge >= 0.3 is 0 Å². The Hall–Kier alpha value is -2.96. The van der Waals surface area contributed by atoms with Crippen molar-refractivity contribution in [3.8, 4) is 22.6 Å². The number of rotatable bonds is 5. The fourth-order valence-corrected chi connectivity index (χ4v) is 2.79. The van der Waals surface area contributed by atoms with Crippen molar-refractivity contribution in [2.75, 3.05) is 0 Å². The maximum atomic E-state index is 9.84. The Balaban J connectivity index is 0.000000706. The van der Waals surface area contributed by atoms with Crippen LogP contribution < -0.4 is 4.74 Å². The van der Waals surface area contributed by atoms with Gasteiger partial charge in [-0.2, -0.15) is 4.98 Å². The second kappa shape index (κ2) is 8.82. The first-order valence-electron chi connectivity index (χ1n) is 9.60. The summed E-state index contributed by atoms with van der Waals surface area (Å²) in [5.41, 5.74) is 3.39. The summed E-state index contributed by atoms with van der Waals surface area (Å²) in [6, 6.07) is 4.98. The fraction of sp³-hybridized carbons (Fsp3) is 0.429. The molecule has 7 heteroatoms. The normalized spacial score (nSPS) is 13.0. The lowest BCUT2D eigenvalue weighted by molar-refractivity contribution is 0.242. The lowest BCUT2D eigenvalue weighted by Gasteiger charge is -2.13. The highest BCUT2D eigenvalue weighted by Crippen LogP contribution is 2.38. The SMILES string of the molecule is CCC.Cc1ncnc(C)c1-c1ccc(O)cc1OCc1nc(C2CC2)no1. The quantitative estimate of drug-likeness (QED) is 0.682. The van der Waals surface area contributed by atoms with Gasteiger partial charge in [-0.3, -0.25) is 0 Å². The molecule has 4 rings (SSSR count). The number of benzene rings is 1. The number of ether oxygens (including phenoxy) is 1. The van der Waals surface area contributed by atoms with E-state index in [-0.39, 0.29) is 12.4 Å². The summed E-state index contributed by atoms with van der Waals surface area (Å²) in [5, 5.41) is 13.8. The van der Waals surface area contributed by atoms with Gasteiger partial charge in [-0.05, 0) is 38.8 Å². The number of aryl methyl sites for hydroxylation is 2. The molecule has 1 fully saturated rings. The smallest absolute Gasteiger partial charge is 0.264 e. The summed E-state index contributed by atoms with van der Waals surface area (Å²) >= 11 is 0. The van der Waals surface area contributed by atoms with Crippen LogP contribution in [0.5, 0.6) is 11.5 Å². The summed E-state index contributed by atoms with van der Waals surface area (Å²) in [5.74, 6) is 2.25. The van der Waals surface area contributed by atoms with Gasteiger partial charge in [-0.1, -0.05) is 25.4 Å². The fourth-order valence-electron chi connectivity index (χ4n) is 2.79. The first-order valence-corrected chi connectivity index (χ1v) is 9.60. The van der Waals surface area contributed by atoms with Crippen LogP contribution in [0.25, 0.3) is 11.1 Å². The highest BCUT2D eigenvalue weighted by Gasteiger charge is 2.28. The molecule has 7 nitrogen and oxygen atoms in total. The van der Waals surface area contributed by atoms with E-state index >= 15 is 0 Å². The van der Waals surface area contributed by atoms with E-state index in [9.17, 15) is 5.11 Å². The summed E-state index contributed by atoms with van der Waals surface area (Å²) in [4.78, 5) is 12.9. The second-order valence-corrected chi connectivity index (χ2v) is 6.92. The summed E-state index contributed by atoms with van der Waals surface area (Å²) < 4.78 is 11.1. The van der Waals surface area contributed by atoms with Gasteiger partial charge in [-0.15, -0.1) is 0 Å². The Morgan fingerprint density at radius 3 is 2.46 bits per heavy atom. The zero-order valence-electron chi connectivity index (χ0n) is 16.8. The molecule has 0 radical (unpaired) electrons. The Bertz CT molecular complexity index is 915. The molecule has 0 bridgehead atoms. The molecule has 148 valence electrons. The lowest BCUT2D eigenvalue weighted by Crippen LogP contribution is -2.00. The molecule has 1 aromatic carbocycles. The molecule has 2 heterocycles. The van der Waals surface area contributed by atoms with Gasteiger partial charge in [0.05, 0.1) is 0 Å². The van der Waals surface area contributed by atoms with Gasteiger partial charge in [0.2, 0.25) is 0 Å². The van der Waals surface area contributed by atoms with E-state index < -0.39 is 0 Å². The molecule has 3 aromatic rings. The Morgan fingerprint density at radius 1 is 1.14 bits per heavy atom. The molecule has 1 N–H and O–H groups in total. The van der Waals surface area contributed by atoms with Crippen LogP contribution in [0.2, 0.25) is 0 Å². The third-order valence-corrected chi connectivity index (χ3v) is 4.24. The first kappa shape index (κ1) is 19.8. The van der Waals surface area contributed by atoms with E-state index in [4.69, 9.17) is 9.26 Å². The molecule has 0 spiro atoms. The van der Waals surface area contributed by atoms with Crippen LogP contribution in [0.4, 0.5) is 0 Å². The van der Waals surface area contributed by atoms with Gasteiger partial charge in [0.1, 0.15) is 17.8 Å². The molecule has 0 atom stereocenters. The maximum absolute atomic E-state index is 9.84. The van der Waals surface area contributed by atoms with Crippen molar-refractivity contribution in [2.45, 2.75) is 59.5 Å². The summed E-state index contributed by atoms with van der Waals surface area (Å²) in [6.07, 6.45) is 5.01. The third-order valence-electron chi connectivity index (χ3n) is 4.24. The van der Waals surface area contributed by atoms with Gasteiger partial charge < -0.3 is 14.4 Å². The van der Waals surface area contributed by atoms with Crippen molar-refractivity contribution in [1.82, 2.24) is 20.1 Å². The van der Waals surface area contributed by atoms with Crippen LogP contribution in [0, 0.1) is 13.8 Å². The molecule has 0 saturated heterocycles. The zero-order chi connectivity index (χ0) is 20.1. The molecule has 0 unspecified atom stereocenters. The zero-order valence-corrected chi connectivity index (χ0v) is 16.8. The molecule has 1 aliphatic carbocycles. The van der Waals surface area contributed by atoms with Crippen molar-refractivity contribution < 1.29 is 14.4 Å². The molecule has 1 aliphatic rings. The average Bonchev–Trinajstić information content (AvgIpc) is 3.40. The maximum Gasteiger partial charge on any atom is 0.264 e. The average molecular weight is 382 g/mol. The van der Waals surface area contributed by atoms with E-state index in [0.717, 1.165) is 41.2 Å². The van der Waals surface area contributed by atoms with Crippen LogP contribution >= 0.6 is 0 Å². The van der Waals surface area contributed by atoms with Crippen molar-refractivity contribution >= 4 is 0 Å².